The molecule has 5 aromatic rings. The maximum Gasteiger partial charge on any atom is 0.238 e. The zero-order valence-electron chi connectivity index (χ0n) is 24.4. The van der Waals surface area contributed by atoms with Gasteiger partial charge in [0, 0.05) is 42.7 Å². The number of carbonyl (C=O) groups is 1. The van der Waals surface area contributed by atoms with Crippen LogP contribution < -0.4 is 5.32 Å². The van der Waals surface area contributed by atoms with Gasteiger partial charge in [-0.2, -0.15) is 0 Å². The fourth-order valence-corrected chi connectivity index (χ4v) is 5.99. The van der Waals surface area contributed by atoms with Crippen molar-refractivity contribution in [2.45, 2.75) is 25.4 Å². The van der Waals surface area contributed by atoms with Gasteiger partial charge in [-0.3, -0.25) is 9.69 Å². The Labute approximate surface area is 248 Å². The minimum atomic E-state index is -0.364. The van der Waals surface area contributed by atoms with Crippen molar-refractivity contribution in [3.63, 3.8) is 0 Å². The average molecular weight is 555 g/mol. The Kier molecular flexibility index (Phi) is 8.40. The van der Waals surface area contributed by atoms with Crippen molar-refractivity contribution >= 4 is 16.8 Å². The van der Waals surface area contributed by atoms with Crippen LogP contribution in [0.3, 0.4) is 0 Å². The zero-order chi connectivity index (χ0) is 28.9. The molecule has 4 aromatic carbocycles. The van der Waals surface area contributed by atoms with Gasteiger partial charge in [-0.05, 0) is 43.1 Å². The van der Waals surface area contributed by atoms with Crippen LogP contribution in [0.1, 0.15) is 28.3 Å². The number of pyridine rings is 1. The molecule has 2 atom stereocenters. The molecule has 5 heteroatoms. The number of amides is 1. The van der Waals surface area contributed by atoms with Crippen LogP contribution >= 0.6 is 0 Å². The van der Waals surface area contributed by atoms with Crippen LogP contribution in [-0.2, 0) is 11.2 Å². The SMILES string of the molecule is Cc1cccc2cc(C(NC(=O)C(Cc3ccccc3)N3CCN(C)CC3)c3ccccc3)c(-c3ccccc3)nc12. The molecule has 1 aliphatic rings. The fourth-order valence-electron chi connectivity index (χ4n) is 5.99. The largest absolute Gasteiger partial charge is 0.344 e. The lowest BCUT2D eigenvalue weighted by Crippen LogP contribution is -2.55. The van der Waals surface area contributed by atoms with E-state index in [-0.39, 0.29) is 18.0 Å². The smallest absolute Gasteiger partial charge is 0.238 e. The van der Waals surface area contributed by atoms with Crippen molar-refractivity contribution < 1.29 is 4.79 Å². The molecule has 0 spiro atoms. The summed E-state index contributed by atoms with van der Waals surface area (Å²) in [6.07, 6.45) is 0.665. The summed E-state index contributed by atoms with van der Waals surface area (Å²) < 4.78 is 0. The molecule has 1 fully saturated rings. The fraction of sp³-hybridized carbons (Fsp3) is 0.243. The summed E-state index contributed by atoms with van der Waals surface area (Å²) in [7, 11) is 2.15. The van der Waals surface area contributed by atoms with E-state index in [1.54, 1.807) is 0 Å². The highest BCUT2D eigenvalue weighted by Gasteiger charge is 2.31. The van der Waals surface area contributed by atoms with E-state index in [1.807, 2.05) is 42.5 Å². The highest BCUT2D eigenvalue weighted by Crippen LogP contribution is 2.34. The van der Waals surface area contributed by atoms with Crippen molar-refractivity contribution in [3.8, 4) is 11.3 Å². The lowest BCUT2D eigenvalue weighted by atomic mass is 9.92. The number of para-hydroxylation sites is 1. The predicted octanol–water partition coefficient (Wildman–Crippen LogP) is 6.27. The van der Waals surface area contributed by atoms with Crippen LogP contribution in [-0.4, -0.2) is 60.0 Å². The minimum absolute atomic E-state index is 0.0422. The molecule has 6 rings (SSSR count). The second-order valence-corrected chi connectivity index (χ2v) is 11.3. The van der Waals surface area contributed by atoms with Gasteiger partial charge in [0.25, 0.3) is 0 Å². The molecule has 1 aliphatic heterocycles. The average Bonchev–Trinajstić information content (AvgIpc) is 3.04. The summed E-state index contributed by atoms with van der Waals surface area (Å²) in [5.41, 5.74) is 7.25. The van der Waals surface area contributed by atoms with Crippen LogP contribution in [0.4, 0.5) is 0 Å². The Morgan fingerprint density at radius 2 is 1.45 bits per heavy atom. The van der Waals surface area contributed by atoms with Gasteiger partial charge >= 0.3 is 0 Å². The number of likely N-dealkylation sites (N-methyl/N-ethyl adjacent to an activating group) is 1. The van der Waals surface area contributed by atoms with Gasteiger partial charge in [0.15, 0.2) is 0 Å². The monoisotopic (exact) mass is 554 g/mol. The third-order valence-electron chi connectivity index (χ3n) is 8.41. The number of nitrogens with one attached hydrogen (secondary N) is 1. The van der Waals surface area contributed by atoms with Gasteiger partial charge in [-0.15, -0.1) is 0 Å². The number of nitrogens with zero attached hydrogens (tertiary/aromatic N) is 3. The number of aryl methyl sites for hydroxylation is 1. The van der Waals surface area contributed by atoms with E-state index in [0.717, 1.165) is 65.0 Å². The van der Waals surface area contributed by atoms with E-state index in [9.17, 15) is 4.79 Å². The molecule has 1 N–H and O–H groups in total. The first-order chi connectivity index (χ1) is 20.6. The maximum atomic E-state index is 14.5. The first-order valence-corrected chi connectivity index (χ1v) is 14.8. The van der Waals surface area contributed by atoms with E-state index in [1.165, 1.54) is 5.56 Å². The van der Waals surface area contributed by atoms with E-state index in [2.05, 4.69) is 102 Å². The van der Waals surface area contributed by atoms with Crippen molar-refractivity contribution in [1.29, 1.82) is 0 Å². The summed E-state index contributed by atoms with van der Waals surface area (Å²) in [5, 5.41) is 4.60. The Hall–Kier alpha value is -4.32. The molecular formula is C37H38N4O. The summed E-state index contributed by atoms with van der Waals surface area (Å²) in [6.45, 7) is 5.73. The Morgan fingerprint density at radius 1 is 0.810 bits per heavy atom. The highest BCUT2D eigenvalue weighted by atomic mass is 16.2. The maximum absolute atomic E-state index is 14.5. The number of fused-ring (bicyclic) bond motifs is 1. The predicted molar refractivity (Wildman–Crippen MR) is 171 cm³/mol. The molecule has 1 amide bonds. The van der Waals surface area contributed by atoms with Gasteiger partial charge in [-0.25, -0.2) is 4.98 Å². The third-order valence-corrected chi connectivity index (χ3v) is 8.41. The third kappa shape index (κ3) is 6.13. The molecular weight excluding hydrogens is 516 g/mol. The number of carbonyl (C=O) groups excluding carboxylic acids is 1. The van der Waals surface area contributed by atoms with Gasteiger partial charge in [0.05, 0.1) is 23.3 Å². The van der Waals surface area contributed by atoms with Crippen molar-refractivity contribution in [2.24, 2.45) is 0 Å². The van der Waals surface area contributed by atoms with E-state index in [0.29, 0.717) is 6.42 Å². The molecule has 2 heterocycles. The number of benzene rings is 4. The topological polar surface area (TPSA) is 48.5 Å². The van der Waals surface area contributed by atoms with Gasteiger partial charge in [0.1, 0.15) is 0 Å². The highest BCUT2D eigenvalue weighted by molar-refractivity contribution is 5.88. The summed E-state index contributed by atoms with van der Waals surface area (Å²) in [4.78, 5) is 24.4. The molecule has 1 aromatic heterocycles. The van der Waals surface area contributed by atoms with E-state index < -0.39 is 0 Å². The van der Waals surface area contributed by atoms with Crippen LogP contribution in [0, 0.1) is 6.92 Å². The van der Waals surface area contributed by atoms with E-state index in [4.69, 9.17) is 4.98 Å². The van der Waals surface area contributed by atoms with Crippen LogP contribution in [0.15, 0.2) is 115 Å². The van der Waals surface area contributed by atoms with Crippen LogP contribution in [0.2, 0.25) is 0 Å². The molecule has 42 heavy (non-hydrogen) atoms. The van der Waals surface area contributed by atoms with Gasteiger partial charge in [-0.1, -0.05) is 109 Å². The molecule has 1 saturated heterocycles. The van der Waals surface area contributed by atoms with Gasteiger partial charge < -0.3 is 10.2 Å². The van der Waals surface area contributed by atoms with Crippen LogP contribution in [0.25, 0.3) is 22.2 Å². The first-order valence-electron chi connectivity index (χ1n) is 14.8. The Morgan fingerprint density at radius 3 is 2.14 bits per heavy atom. The lowest BCUT2D eigenvalue weighted by molar-refractivity contribution is -0.127. The number of hydrogen-bond donors (Lipinski definition) is 1. The van der Waals surface area contributed by atoms with Crippen molar-refractivity contribution in [2.75, 3.05) is 33.2 Å². The zero-order valence-corrected chi connectivity index (χ0v) is 24.4. The minimum Gasteiger partial charge on any atom is -0.344 e. The molecule has 0 aliphatic carbocycles. The molecule has 2 unspecified atom stereocenters. The number of aromatic nitrogens is 1. The summed E-state index contributed by atoms with van der Waals surface area (Å²) >= 11 is 0. The van der Waals surface area contributed by atoms with Crippen LogP contribution in [0.5, 0.6) is 0 Å². The Bertz CT molecular complexity index is 1630. The number of hydrogen-bond acceptors (Lipinski definition) is 4. The summed E-state index contributed by atoms with van der Waals surface area (Å²) in [6, 6.07) is 38.8. The normalized spacial score (nSPS) is 15.8. The van der Waals surface area contributed by atoms with Crippen molar-refractivity contribution in [3.05, 3.63) is 138 Å². The molecule has 0 saturated carbocycles. The van der Waals surface area contributed by atoms with Gasteiger partial charge in [0.2, 0.25) is 5.91 Å². The molecule has 5 nitrogen and oxygen atoms in total. The number of piperazine rings is 1. The standard InChI is InChI=1S/C37H38N4O/c1-27-13-12-20-31-26-32(35(38-34(27)31)29-16-8-4-9-17-29)36(30-18-10-5-11-19-30)39-37(42)33(25-28-14-6-3-7-15-28)41-23-21-40(2)22-24-41/h3-20,26,33,36H,21-25H2,1-2H3,(H,39,42). The second kappa shape index (κ2) is 12.7. The van der Waals surface area contributed by atoms with E-state index >= 15 is 0 Å². The summed E-state index contributed by atoms with van der Waals surface area (Å²) in [5.74, 6) is 0.0422. The Balaban J connectivity index is 1.44. The van der Waals surface area contributed by atoms with Crippen molar-refractivity contribution in [1.82, 2.24) is 20.1 Å². The molecule has 212 valence electrons. The molecule has 0 bridgehead atoms. The second-order valence-electron chi connectivity index (χ2n) is 11.3. The first kappa shape index (κ1) is 27.8. The number of rotatable bonds is 8. The quantitative estimate of drug-likeness (QED) is 0.246. The molecule has 0 radical (unpaired) electrons. The lowest BCUT2D eigenvalue weighted by Gasteiger charge is -2.38.